The minimum Gasteiger partial charge on any atom is -0.381 e. The highest BCUT2D eigenvalue weighted by molar-refractivity contribution is 9.10. The first-order valence-corrected chi connectivity index (χ1v) is 6.95. The molecule has 0 bridgehead atoms. The van der Waals surface area contributed by atoms with Gasteiger partial charge < -0.3 is 5.32 Å². The second-order valence-corrected chi connectivity index (χ2v) is 6.10. The van der Waals surface area contributed by atoms with Crippen molar-refractivity contribution in [1.82, 2.24) is 0 Å². The lowest BCUT2D eigenvalue weighted by Crippen LogP contribution is -2.15. The van der Waals surface area contributed by atoms with Crippen LogP contribution in [0.5, 0.6) is 0 Å². The molecule has 0 saturated heterocycles. The van der Waals surface area contributed by atoms with Crippen molar-refractivity contribution in [2.75, 3.05) is 5.32 Å². The summed E-state index contributed by atoms with van der Waals surface area (Å²) in [4.78, 5) is 0. The van der Waals surface area contributed by atoms with Crippen LogP contribution in [-0.2, 0) is 0 Å². The van der Waals surface area contributed by atoms with E-state index in [0.29, 0.717) is 6.04 Å². The van der Waals surface area contributed by atoms with Crippen molar-refractivity contribution in [3.63, 3.8) is 0 Å². The van der Waals surface area contributed by atoms with E-state index in [1.54, 1.807) is 0 Å². The zero-order chi connectivity index (χ0) is 11.7. The van der Waals surface area contributed by atoms with Crippen LogP contribution >= 0.6 is 27.5 Å². The topological polar surface area (TPSA) is 12.0 Å². The molecular weight excluding hydrogens is 286 g/mol. The van der Waals surface area contributed by atoms with Crippen LogP contribution in [0.2, 0.25) is 5.02 Å². The third kappa shape index (κ3) is 2.72. The summed E-state index contributed by atoms with van der Waals surface area (Å²) >= 11 is 9.72. The molecule has 3 heteroatoms. The Bertz CT molecular complexity index is 392. The van der Waals surface area contributed by atoms with Crippen LogP contribution in [-0.4, -0.2) is 6.04 Å². The molecule has 0 heterocycles. The van der Waals surface area contributed by atoms with Crippen molar-refractivity contribution < 1.29 is 0 Å². The summed E-state index contributed by atoms with van der Waals surface area (Å²) in [5.41, 5.74) is 2.23. The van der Waals surface area contributed by atoms with Gasteiger partial charge in [0.2, 0.25) is 0 Å². The number of halogens is 2. The van der Waals surface area contributed by atoms with Gasteiger partial charge in [-0.05, 0) is 65.7 Å². The average Bonchev–Trinajstić information content (AvgIpc) is 2.60. The normalized spacial score (nSPS) is 24.8. The number of benzene rings is 1. The van der Waals surface area contributed by atoms with E-state index in [4.69, 9.17) is 11.6 Å². The molecular formula is C13H17BrClN. The molecule has 1 saturated carbocycles. The highest BCUT2D eigenvalue weighted by atomic mass is 79.9. The Labute approximate surface area is 111 Å². The molecule has 1 aliphatic carbocycles. The van der Waals surface area contributed by atoms with Gasteiger partial charge in [-0.1, -0.05) is 18.5 Å². The van der Waals surface area contributed by atoms with E-state index >= 15 is 0 Å². The summed E-state index contributed by atoms with van der Waals surface area (Å²) in [5, 5.41) is 4.41. The maximum Gasteiger partial charge on any atom is 0.0501 e. The molecule has 0 spiro atoms. The summed E-state index contributed by atoms with van der Waals surface area (Å²) in [7, 11) is 0. The molecule has 0 aliphatic heterocycles. The molecule has 0 aromatic heterocycles. The first-order valence-electron chi connectivity index (χ1n) is 5.78. The maximum absolute atomic E-state index is 6.14. The van der Waals surface area contributed by atoms with Gasteiger partial charge in [0, 0.05) is 15.5 Å². The van der Waals surface area contributed by atoms with Gasteiger partial charge >= 0.3 is 0 Å². The summed E-state index contributed by atoms with van der Waals surface area (Å²) in [6.45, 7) is 4.34. The number of rotatable bonds is 2. The van der Waals surface area contributed by atoms with Crippen LogP contribution in [0.3, 0.4) is 0 Å². The van der Waals surface area contributed by atoms with E-state index in [9.17, 15) is 0 Å². The van der Waals surface area contributed by atoms with E-state index in [-0.39, 0.29) is 0 Å². The third-order valence-corrected chi connectivity index (χ3v) is 4.37. The van der Waals surface area contributed by atoms with Crippen LogP contribution in [0.15, 0.2) is 16.6 Å². The fourth-order valence-electron chi connectivity index (χ4n) is 2.32. The zero-order valence-corrected chi connectivity index (χ0v) is 12.0. The summed E-state index contributed by atoms with van der Waals surface area (Å²) in [6, 6.07) is 4.69. The van der Waals surface area contributed by atoms with Gasteiger partial charge in [0.1, 0.15) is 0 Å². The third-order valence-electron chi connectivity index (χ3n) is 3.30. The Balaban J connectivity index is 2.12. The van der Waals surface area contributed by atoms with Crippen LogP contribution in [0, 0.1) is 12.8 Å². The molecule has 1 N–H and O–H groups in total. The predicted octanol–water partition coefficient (Wildman–Crippen LogP) is 5.01. The Morgan fingerprint density at radius 3 is 2.75 bits per heavy atom. The summed E-state index contributed by atoms with van der Waals surface area (Å²) in [6.07, 6.45) is 3.85. The van der Waals surface area contributed by atoms with Crippen molar-refractivity contribution in [1.29, 1.82) is 0 Å². The molecule has 1 aromatic rings. The molecule has 1 fully saturated rings. The monoisotopic (exact) mass is 301 g/mol. The fraction of sp³-hybridized carbons (Fsp3) is 0.538. The first kappa shape index (κ1) is 12.3. The highest BCUT2D eigenvalue weighted by Crippen LogP contribution is 2.33. The Morgan fingerprint density at radius 2 is 2.12 bits per heavy atom. The lowest BCUT2D eigenvalue weighted by molar-refractivity contribution is 0.602. The minimum absolute atomic E-state index is 0.602. The number of nitrogens with one attached hydrogen (secondary N) is 1. The molecule has 0 amide bonds. The van der Waals surface area contributed by atoms with Gasteiger partial charge in [-0.3, -0.25) is 0 Å². The maximum atomic E-state index is 6.14. The van der Waals surface area contributed by atoms with E-state index in [2.05, 4.69) is 34.2 Å². The van der Waals surface area contributed by atoms with Crippen LogP contribution < -0.4 is 5.32 Å². The number of aryl methyl sites for hydroxylation is 1. The molecule has 2 atom stereocenters. The van der Waals surface area contributed by atoms with Crippen LogP contribution in [0.4, 0.5) is 5.69 Å². The summed E-state index contributed by atoms with van der Waals surface area (Å²) in [5.74, 6) is 0.845. The Morgan fingerprint density at radius 1 is 1.38 bits per heavy atom. The van der Waals surface area contributed by atoms with Crippen molar-refractivity contribution >= 4 is 33.2 Å². The molecule has 2 rings (SSSR count). The lowest BCUT2D eigenvalue weighted by atomic mass is 10.1. The molecule has 88 valence electrons. The van der Waals surface area contributed by atoms with E-state index in [1.807, 2.05) is 13.0 Å². The quantitative estimate of drug-likeness (QED) is 0.809. The molecule has 1 nitrogen and oxygen atoms in total. The average molecular weight is 303 g/mol. The molecule has 2 unspecified atom stereocenters. The minimum atomic E-state index is 0.602. The predicted molar refractivity (Wildman–Crippen MR) is 74.3 cm³/mol. The van der Waals surface area contributed by atoms with Gasteiger partial charge in [0.25, 0.3) is 0 Å². The Hall–Kier alpha value is -0.210. The molecule has 16 heavy (non-hydrogen) atoms. The number of anilines is 1. The molecule has 1 aromatic carbocycles. The van der Waals surface area contributed by atoms with Gasteiger partial charge in [0.15, 0.2) is 0 Å². The first-order chi connectivity index (χ1) is 7.56. The van der Waals surface area contributed by atoms with Crippen molar-refractivity contribution in [3.05, 3.63) is 27.2 Å². The van der Waals surface area contributed by atoms with E-state index in [0.717, 1.165) is 26.7 Å². The van der Waals surface area contributed by atoms with Gasteiger partial charge in [-0.15, -0.1) is 0 Å². The summed E-state index contributed by atoms with van der Waals surface area (Å²) < 4.78 is 1.11. The van der Waals surface area contributed by atoms with Gasteiger partial charge in [-0.25, -0.2) is 0 Å². The van der Waals surface area contributed by atoms with Gasteiger partial charge in [0.05, 0.1) is 5.69 Å². The zero-order valence-electron chi connectivity index (χ0n) is 9.69. The largest absolute Gasteiger partial charge is 0.381 e. The van der Waals surface area contributed by atoms with Crippen molar-refractivity contribution in [2.45, 2.75) is 39.2 Å². The van der Waals surface area contributed by atoms with E-state index in [1.165, 1.54) is 19.3 Å². The van der Waals surface area contributed by atoms with Crippen molar-refractivity contribution in [2.24, 2.45) is 5.92 Å². The van der Waals surface area contributed by atoms with Crippen LogP contribution in [0.1, 0.15) is 31.7 Å². The molecule has 1 aliphatic rings. The lowest BCUT2D eigenvalue weighted by Gasteiger charge is -2.16. The number of hydrogen-bond donors (Lipinski definition) is 1. The van der Waals surface area contributed by atoms with Crippen molar-refractivity contribution in [3.8, 4) is 0 Å². The second-order valence-electron chi connectivity index (χ2n) is 4.84. The standard InChI is InChI=1S/C13H17BrClN/c1-8-3-4-10(5-8)16-13-7-12(15)9(2)6-11(13)14/h6-8,10,16H,3-5H2,1-2H3. The van der Waals surface area contributed by atoms with Gasteiger partial charge in [-0.2, -0.15) is 0 Å². The van der Waals surface area contributed by atoms with Crippen LogP contribution in [0.25, 0.3) is 0 Å². The van der Waals surface area contributed by atoms with E-state index < -0.39 is 0 Å². The number of hydrogen-bond acceptors (Lipinski definition) is 1. The second kappa shape index (κ2) is 4.97. The smallest absolute Gasteiger partial charge is 0.0501 e. The molecule has 0 radical (unpaired) electrons. The fourth-order valence-corrected chi connectivity index (χ4v) is 3.05. The Kier molecular flexibility index (Phi) is 3.81. The SMILES string of the molecule is Cc1cc(Br)c(NC2CCC(C)C2)cc1Cl. The highest BCUT2D eigenvalue weighted by Gasteiger charge is 2.21.